The van der Waals surface area contributed by atoms with Crippen molar-refractivity contribution in [3.63, 3.8) is 0 Å². The third-order valence-corrected chi connectivity index (χ3v) is 4.52. The van der Waals surface area contributed by atoms with E-state index in [1.165, 1.54) is 24.0 Å². The second kappa shape index (κ2) is 6.13. The van der Waals surface area contributed by atoms with Crippen molar-refractivity contribution in [3.8, 4) is 0 Å². The summed E-state index contributed by atoms with van der Waals surface area (Å²) in [6, 6.07) is 10.3. The molecule has 0 saturated heterocycles. The third-order valence-electron chi connectivity index (χ3n) is 4.22. The average molecular weight is 314 g/mol. The van der Waals surface area contributed by atoms with Crippen molar-refractivity contribution in [2.45, 2.75) is 39.5 Å². The molecule has 0 saturated carbocycles. The number of carbonyl (C=O) groups is 1. The van der Waals surface area contributed by atoms with E-state index in [-0.39, 0.29) is 5.91 Å². The summed E-state index contributed by atoms with van der Waals surface area (Å²) in [5, 5.41) is 3.55. The van der Waals surface area contributed by atoms with E-state index in [1.807, 2.05) is 26.0 Å². The monoisotopic (exact) mass is 313 g/mol. The molecule has 0 aliphatic heterocycles. The fraction of sp³-hybridized carbons (Fsp3) is 0.316. The Balaban J connectivity index is 1.73. The Hall–Kier alpha value is -1.80. The summed E-state index contributed by atoms with van der Waals surface area (Å²) in [5.41, 5.74) is 6.71. The lowest BCUT2D eigenvalue weighted by Crippen LogP contribution is -2.15. The van der Waals surface area contributed by atoms with Crippen LogP contribution in [0.2, 0.25) is 5.02 Å². The summed E-state index contributed by atoms with van der Waals surface area (Å²) in [6.07, 6.45) is 3.91. The summed E-state index contributed by atoms with van der Waals surface area (Å²) in [5.74, 6) is -0.0215. The number of amides is 1. The highest BCUT2D eigenvalue weighted by Gasteiger charge is 2.13. The second-order valence-corrected chi connectivity index (χ2v) is 6.53. The maximum atomic E-state index is 12.3. The van der Waals surface area contributed by atoms with Gasteiger partial charge in [-0.15, -0.1) is 0 Å². The molecular weight excluding hydrogens is 294 g/mol. The molecule has 0 unspecified atom stereocenters. The van der Waals surface area contributed by atoms with Crippen LogP contribution in [0.4, 0.5) is 5.69 Å². The number of carbonyl (C=O) groups excluding carboxylic acids is 1. The van der Waals surface area contributed by atoms with Crippen molar-refractivity contribution >= 4 is 23.2 Å². The lowest BCUT2D eigenvalue weighted by atomic mass is 10.0. The summed E-state index contributed by atoms with van der Waals surface area (Å²) in [6.45, 7) is 3.96. The zero-order valence-electron chi connectivity index (χ0n) is 13.0. The smallest absolute Gasteiger partial charge is 0.228 e. The zero-order valence-corrected chi connectivity index (χ0v) is 13.8. The van der Waals surface area contributed by atoms with Gasteiger partial charge >= 0.3 is 0 Å². The Kier molecular flexibility index (Phi) is 4.21. The molecule has 1 amide bonds. The fourth-order valence-corrected chi connectivity index (χ4v) is 3.55. The Bertz CT molecular complexity index is 713. The first kappa shape index (κ1) is 15.1. The lowest BCUT2D eigenvalue weighted by molar-refractivity contribution is -0.115. The Morgan fingerprint density at radius 1 is 1.14 bits per heavy atom. The second-order valence-electron chi connectivity index (χ2n) is 6.12. The van der Waals surface area contributed by atoms with Crippen molar-refractivity contribution in [3.05, 3.63) is 63.2 Å². The fourth-order valence-electron chi connectivity index (χ4n) is 3.18. The Labute approximate surface area is 136 Å². The van der Waals surface area contributed by atoms with Crippen LogP contribution in [0.5, 0.6) is 0 Å². The number of rotatable bonds is 3. The van der Waals surface area contributed by atoms with E-state index in [4.69, 9.17) is 11.6 Å². The molecule has 1 aliphatic carbocycles. The summed E-state index contributed by atoms with van der Waals surface area (Å²) < 4.78 is 0. The first-order valence-corrected chi connectivity index (χ1v) is 8.08. The van der Waals surface area contributed by atoms with E-state index in [0.29, 0.717) is 11.4 Å². The molecule has 1 N–H and O–H groups in total. The van der Waals surface area contributed by atoms with E-state index in [2.05, 4.69) is 23.5 Å². The molecule has 3 heteroatoms. The van der Waals surface area contributed by atoms with Crippen molar-refractivity contribution in [2.24, 2.45) is 0 Å². The molecule has 0 bridgehead atoms. The molecule has 0 aromatic heterocycles. The van der Waals surface area contributed by atoms with E-state index in [9.17, 15) is 4.79 Å². The van der Waals surface area contributed by atoms with Crippen molar-refractivity contribution in [1.29, 1.82) is 0 Å². The molecular formula is C19H20ClNO. The van der Waals surface area contributed by atoms with Gasteiger partial charge in [0.05, 0.1) is 17.1 Å². The number of halogens is 1. The molecule has 0 atom stereocenters. The van der Waals surface area contributed by atoms with Crippen molar-refractivity contribution in [1.82, 2.24) is 0 Å². The highest BCUT2D eigenvalue weighted by molar-refractivity contribution is 6.34. The van der Waals surface area contributed by atoms with Gasteiger partial charge in [0, 0.05) is 0 Å². The van der Waals surface area contributed by atoms with Gasteiger partial charge in [-0.2, -0.15) is 0 Å². The minimum atomic E-state index is -0.0215. The van der Waals surface area contributed by atoms with Crippen LogP contribution in [0, 0.1) is 13.8 Å². The van der Waals surface area contributed by atoms with E-state index < -0.39 is 0 Å². The largest absolute Gasteiger partial charge is 0.324 e. The molecule has 22 heavy (non-hydrogen) atoms. The molecule has 0 spiro atoms. The molecule has 1 aliphatic rings. The van der Waals surface area contributed by atoms with Gasteiger partial charge < -0.3 is 5.32 Å². The van der Waals surface area contributed by atoms with Gasteiger partial charge in [-0.1, -0.05) is 35.9 Å². The van der Waals surface area contributed by atoms with E-state index >= 15 is 0 Å². The maximum absolute atomic E-state index is 12.3. The molecule has 2 nitrogen and oxygen atoms in total. The van der Waals surface area contributed by atoms with E-state index in [1.54, 1.807) is 0 Å². The molecule has 0 fully saturated rings. The maximum Gasteiger partial charge on any atom is 0.228 e. The van der Waals surface area contributed by atoms with Crippen LogP contribution in [0.15, 0.2) is 30.3 Å². The van der Waals surface area contributed by atoms with Crippen LogP contribution in [0.1, 0.15) is 34.2 Å². The van der Waals surface area contributed by atoms with Gasteiger partial charge in [-0.3, -0.25) is 4.79 Å². The quantitative estimate of drug-likeness (QED) is 0.879. The summed E-state index contributed by atoms with van der Waals surface area (Å²) in [7, 11) is 0. The zero-order chi connectivity index (χ0) is 15.7. The van der Waals surface area contributed by atoms with Crippen LogP contribution in [0.25, 0.3) is 0 Å². The Morgan fingerprint density at radius 2 is 1.91 bits per heavy atom. The topological polar surface area (TPSA) is 29.1 Å². The SMILES string of the molecule is Cc1cc(C)c(NC(=O)Cc2ccc3c(c2)CCC3)c(Cl)c1. The molecule has 2 aromatic carbocycles. The van der Waals surface area contributed by atoms with Crippen molar-refractivity contribution in [2.75, 3.05) is 5.32 Å². The molecule has 0 radical (unpaired) electrons. The van der Waals surface area contributed by atoms with Crippen LogP contribution in [0.3, 0.4) is 0 Å². The first-order chi connectivity index (χ1) is 10.5. The highest BCUT2D eigenvalue weighted by Crippen LogP contribution is 2.28. The first-order valence-electron chi connectivity index (χ1n) is 7.70. The molecule has 114 valence electrons. The Morgan fingerprint density at radius 3 is 2.68 bits per heavy atom. The number of hydrogen-bond donors (Lipinski definition) is 1. The lowest BCUT2D eigenvalue weighted by Gasteiger charge is -2.12. The average Bonchev–Trinajstić information content (AvgIpc) is 2.90. The van der Waals surface area contributed by atoms with Crippen LogP contribution in [-0.2, 0) is 24.1 Å². The van der Waals surface area contributed by atoms with Gasteiger partial charge in [0.2, 0.25) is 5.91 Å². The van der Waals surface area contributed by atoms with Crippen LogP contribution >= 0.6 is 11.6 Å². The van der Waals surface area contributed by atoms with Crippen LogP contribution < -0.4 is 5.32 Å². The third kappa shape index (κ3) is 3.17. The van der Waals surface area contributed by atoms with Gasteiger partial charge in [0.25, 0.3) is 0 Å². The number of anilines is 1. The minimum Gasteiger partial charge on any atom is -0.324 e. The predicted octanol–water partition coefficient (Wildman–Crippen LogP) is 4.63. The minimum absolute atomic E-state index is 0.0215. The standard InChI is InChI=1S/C19H20ClNO/c1-12-8-13(2)19(17(20)9-12)21-18(22)11-14-6-7-15-4-3-5-16(15)10-14/h6-10H,3-5,11H2,1-2H3,(H,21,22). The van der Waals surface area contributed by atoms with Gasteiger partial charge in [-0.05, 0) is 67.0 Å². The molecule has 3 rings (SSSR count). The van der Waals surface area contributed by atoms with Crippen LogP contribution in [-0.4, -0.2) is 5.91 Å². The number of fused-ring (bicyclic) bond motifs is 1. The number of nitrogens with one attached hydrogen (secondary N) is 1. The summed E-state index contributed by atoms with van der Waals surface area (Å²) >= 11 is 6.24. The van der Waals surface area contributed by atoms with Gasteiger partial charge in [0.1, 0.15) is 0 Å². The predicted molar refractivity (Wildman–Crippen MR) is 91.7 cm³/mol. The number of hydrogen-bond acceptors (Lipinski definition) is 1. The van der Waals surface area contributed by atoms with Gasteiger partial charge in [0.15, 0.2) is 0 Å². The molecule has 0 heterocycles. The van der Waals surface area contributed by atoms with Gasteiger partial charge in [-0.25, -0.2) is 0 Å². The molecule has 2 aromatic rings. The van der Waals surface area contributed by atoms with E-state index in [0.717, 1.165) is 28.8 Å². The highest BCUT2D eigenvalue weighted by atomic mass is 35.5. The number of benzene rings is 2. The normalized spacial score (nSPS) is 13.0. The summed E-state index contributed by atoms with van der Waals surface area (Å²) in [4.78, 5) is 12.3. The van der Waals surface area contributed by atoms with Crippen molar-refractivity contribution < 1.29 is 4.79 Å². The number of aryl methyl sites for hydroxylation is 4.